The first-order valence-electron chi connectivity index (χ1n) is 8.36. The zero-order valence-electron chi connectivity index (χ0n) is 14.1. The summed E-state index contributed by atoms with van der Waals surface area (Å²) in [5, 5.41) is 0. The molecule has 0 aromatic heterocycles. The zero-order valence-corrected chi connectivity index (χ0v) is 14.1. The van der Waals surface area contributed by atoms with Gasteiger partial charge in [-0.15, -0.1) is 0 Å². The van der Waals surface area contributed by atoms with Crippen molar-refractivity contribution >= 4 is 0 Å². The van der Waals surface area contributed by atoms with Crippen LogP contribution in [0.15, 0.2) is 18.2 Å². The number of nitrogens with zero attached hydrogens (tertiary/aromatic N) is 2. The maximum Gasteiger partial charge on any atom is 0.0473 e. The molecule has 1 aromatic rings. The summed E-state index contributed by atoms with van der Waals surface area (Å²) in [5.41, 5.74) is 10.3. The Kier molecular flexibility index (Phi) is 5.80. The van der Waals surface area contributed by atoms with Gasteiger partial charge in [0.2, 0.25) is 0 Å². The molecule has 0 aliphatic carbocycles. The first-order valence-corrected chi connectivity index (χ1v) is 8.36. The fraction of sp³-hybridized carbons (Fsp3) is 0.667. The van der Waals surface area contributed by atoms with Gasteiger partial charge in [-0.25, -0.2) is 0 Å². The molecule has 0 spiro atoms. The van der Waals surface area contributed by atoms with E-state index in [1.54, 1.807) is 0 Å². The van der Waals surface area contributed by atoms with E-state index in [-0.39, 0.29) is 0 Å². The largest absolute Gasteiger partial charge is 0.329 e. The first kappa shape index (κ1) is 16.5. The average molecular weight is 289 g/mol. The Labute approximate surface area is 130 Å². The SMILES string of the molecule is CCN(CC)C1CCN(C(CN)c2cccc(C)c2C)C1. The van der Waals surface area contributed by atoms with Crippen molar-refractivity contribution in [2.45, 2.75) is 46.2 Å². The van der Waals surface area contributed by atoms with Crippen molar-refractivity contribution in [3.05, 3.63) is 34.9 Å². The van der Waals surface area contributed by atoms with Crippen LogP contribution in [0.5, 0.6) is 0 Å². The monoisotopic (exact) mass is 289 g/mol. The minimum Gasteiger partial charge on any atom is -0.329 e. The summed E-state index contributed by atoms with van der Waals surface area (Å²) < 4.78 is 0. The van der Waals surface area contributed by atoms with Crippen LogP contribution < -0.4 is 5.73 Å². The molecule has 2 unspecified atom stereocenters. The van der Waals surface area contributed by atoms with Gasteiger partial charge < -0.3 is 5.73 Å². The molecule has 0 amide bonds. The van der Waals surface area contributed by atoms with Gasteiger partial charge in [0.1, 0.15) is 0 Å². The lowest BCUT2D eigenvalue weighted by Crippen LogP contribution is -2.39. The number of nitrogens with two attached hydrogens (primary N) is 1. The van der Waals surface area contributed by atoms with E-state index in [0.717, 1.165) is 26.2 Å². The fourth-order valence-electron chi connectivity index (χ4n) is 3.70. The summed E-state index contributed by atoms with van der Waals surface area (Å²) in [4.78, 5) is 5.17. The minimum absolute atomic E-state index is 0.366. The van der Waals surface area contributed by atoms with Crippen molar-refractivity contribution in [3.63, 3.8) is 0 Å². The van der Waals surface area contributed by atoms with Gasteiger partial charge in [-0.2, -0.15) is 0 Å². The van der Waals surface area contributed by atoms with Crippen molar-refractivity contribution in [3.8, 4) is 0 Å². The Bertz CT molecular complexity index is 454. The fourth-order valence-corrected chi connectivity index (χ4v) is 3.70. The van der Waals surface area contributed by atoms with E-state index >= 15 is 0 Å². The van der Waals surface area contributed by atoms with Gasteiger partial charge in [0.05, 0.1) is 0 Å². The second-order valence-corrected chi connectivity index (χ2v) is 6.20. The summed E-state index contributed by atoms with van der Waals surface area (Å²) in [5.74, 6) is 0. The van der Waals surface area contributed by atoms with Crippen molar-refractivity contribution in [1.82, 2.24) is 9.80 Å². The molecule has 2 N–H and O–H groups in total. The van der Waals surface area contributed by atoms with Crippen molar-refractivity contribution in [1.29, 1.82) is 0 Å². The highest BCUT2D eigenvalue weighted by molar-refractivity contribution is 5.35. The van der Waals surface area contributed by atoms with Crippen LogP contribution in [0.25, 0.3) is 0 Å². The molecule has 0 radical (unpaired) electrons. The average Bonchev–Trinajstić information content (AvgIpc) is 2.95. The van der Waals surface area contributed by atoms with E-state index in [9.17, 15) is 0 Å². The van der Waals surface area contributed by atoms with E-state index < -0.39 is 0 Å². The Hall–Kier alpha value is -0.900. The molecule has 0 saturated carbocycles. The Morgan fingerprint density at radius 3 is 2.62 bits per heavy atom. The van der Waals surface area contributed by atoms with Crippen LogP contribution in [0, 0.1) is 13.8 Å². The summed E-state index contributed by atoms with van der Waals surface area (Å²) >= 11 is 0. The molecule has 2 atom stereocenters. The third-order valence-electron chi connectivity index (χ3n) is 5.19. The summed E-state index contributed by atoms with van der Waals surface area (Å²) in [6.45, 7) is 14.2. The van der Waals surface area contributed by atoms with Gasteiger partial charge in [-0.3, -0.25) is 9.80 Å². The van der Waals surface area contributed by atoms with Crippen LogP contribution in [0.4, 0.5) is 0 Å². The maximum absolute atomic E-state index is 6.13. The number of likely N-dealkylation sites (N-methyl/N-ethyl adjacent to an activating group) is 1. The number of hydrogen-bond donors (Lipinski definition) is 1. The third-order valence-corrected chi connectivity index (χ3v) is 5.19. The van der Waals surface area contributed by atoms with Gasteiger partial charge in [0, 0.05) is 31.7 Å². The summed E-state index contributed by atoms with van der Waals surface area (Å²) in [6.07, 6.45) is 1.27. The minimum atomic E-state index is 0.366. The predicted molar refractivity (Wildman–Crippen MR) is 90.6 cm³/mol. The van der Waals surface area contributed by atoms with Crippen LogP contribution in [0.1, 0.15) is 43.0 Å². The highest BCUT2D eigenvalue weighted by Crippen LogP contribution is 2.29. The summed E-state index contributed by atoms with van der Waals surface area (Å²) in [7, 11) is 0. The second kappa shape index (κ2) is 7.39. The van der Waals surface area contributed by atoms with Gasteiger partial charge in [-0.05, 0) is 50.0 Å². The Balaban J connectivity index is 2.14. The van der Waals surface area contributed by atoms with E-state index in [0.29, 0.717) is 18.6 Å². The molecule has 1 saturated heterocycles. The van der Waals surface area contributed by atoms with E-state index in [1.807, 2.05) is 0 Å². The van der Waals surface area contributed by atoms with Gasteiger partial charge >= 0.3 is 0 Å². The molecule has 1 heterocycles. The molecule has 118 valence electrons. The molecule has 1 aliphatic rings. The van der Waals surface area contributed by atoms with E-state index in [1.165, 1.54) is 23.1 Å². The van der Waals surface area contributed by atoms with Gasteiger partial charge in [0.25, 0.3) is 0 Å². The van der Waals surface area contributed by atoms with Crippen LogP contribution in [0.2, 0.25) is 0 Å². The highest BCUT2D eigenvalue weighted by Gasteiger charge is 2.31. The Morgan fingerprint density at radius 2 is 2.00 bits per heavy atom. The second-order valence-electron chi connectivity index (χ2n) is 6.20. The first-order chi connectivity index (χ1) is 10.1. The Morgan fingerprint density at radius 1 is 1.29 bits per heavy atom. The standard InChI is InChI=1S/C18H31N3/c1-5-20(6-2)16-10-11-21(13-16)18(12-19)17-9-7-8-14(3)15(17)4/h7-9,16,18H,5-6,10-13,19H2,1-4H3. The van der Waals surface area contributed by atoms with Crippen molar-refractivity contribution < 1.29 is 0 Å². The number of aryl methyl sites for hydroxylation is 1. The van der Waals surface area contributed by atoms with Crippen LogP contribution in [0.3, 0.4) is 0 Å². The van der Waals surface area contributed by atoms with Crippen molar-refractivity contribution in [2.75, 3.05) is 32.7 Å². The molecule has 3 heteroatoms. The molecular weight excluding hydrogens is 258 g/mol. The lowest BCUT2D eigenvalue weighted by atomic mass is 9.96. The number of likely N-dealkylation sites (tertiary alicyclic amines) is 1. The van der Waals surface area contributed by atoms with E-state index in [4.69, 9.17) is 5.73 Å². The molecule has 21 heavy (non-hydrogen) atoms. The summed E-state index contributed by atoms with van der Waals surface area (Å²) in [6, 6.07) is 7.67. The lowest BCUT2D eigenvalue weighted by Gasteiger charge is -2.31. The van der Waals surface area contributed by atoms with Crippen LogP contribution >= 0.6 is 0 Å². The molecule has 1 fully saturated rings. The van der Waals surface area contributed by atoms with Gasteiger partial charge in [0.15, 0.2) is 0 Å². The topological polar surface area (TPSA) is 32.5 Å². The lowest BCUT2D eigenvalue weighted by molar-refractivity contribution is 0.189. The maximum atomic E-state index is 6.13. The number of rotatable bonds is 6. The molecule has 0 bridgehead atoms. The number of benzene rings is 1. The van der Waals surface area contributed by atoms with Crippen molar-refractivity contribution in [2.24, 2.45) is 5.73 Å². The van der Waals surface area contributed by atoms with Crippen LogP contribution in [-0.2, 0) is 0 Å². The van der Waals surface area contributed by atoms with Crippen LogP contribution in [-0.4, -0.2) is 48.6 Å². The molecule has 1 aromatic carbocycles. The normalized spacial score (nSPS) is 21.1. The zero-order chi connectivity index (χ0) is 15.4. The molecular formula is C18H31N3. The third kappa shape index (κ3) is 3.47. The predicted octanol–water partition coefficient (Wildman–Crippen LogP) is 2.72. The molecule has 1 aliphatic heterocycles. The number of hydrogen-bond acceptors (Lipinski definition) is 3. The quantitative estimate of drug-likeness (QED) is 0.874. The smallest absolute Gasteiger partial charge is 0.0473 e. The molecule has 3 nitrogen and oxygen atoms in total. The molecule has 2 rings (SSSR count). The highest BCUT2D eigenvalue weighted by atomic mass is 15.3. The van der Waals surface area contributed by atoms with E-state index in [2.05, 4.69) is 55.7 Å². The van der Waals surface area contributed by atoms with Gasteiger partial charge in [-0.1, -0.05) is 32.0 Å².